The first-order valence-corrected chi connectivity index (χ1v) is 24.5. The van der Waals surface area contributed by atoms with Crippen molar-refractivity contribution in [3.63, 3.8) is 0 Å². The Kier molecular flexibility index (Phi) is 17.3. The van der Waals surface area contributed by atoms with Crippen molar-refractivity contribution in [3.8, 4) is 0 Å². The highest BCUT2D eigenvalue weighted by atomic mass is 32.2. The fourth-order valence-electron chi connectivity index (χ4n) is 8.03. The van der Waals surface area contributed by atoms with Crippen LogP contribution in [0, 0.1) is 0 Å². The predicted molar refractivity (Wildman–Crippen MR) is 230 cm³/mol. The Morgan fingerprint density at radius 1 is 0.873 bits per heavy atom. The number of allylic oxidation sites excluding steroid dienone is 6. The van der Waals surface area contributed by atoms with E-state index in [2.05, 4.69) is 37.2 Å². The first-order valence-electron chi connectivity index (χ1n) is 19.8. The summed E-state index contributed by atoms with van der Waals surface area (Å²) < 4.78 is 79.1. The van der Waals surface area contributed by atoms with Crippen molar-refractivity contribution >= 4 is 79.2 Å². The number of unbranched alkanes of at least 4 members (excludes halogenated alkanes) is 2. The number of benzene rings is 2. The maximum absolute atomic E-state index is 12.5. The van der Waals surface area contributed by atoms with Crippen molar-refractivity contribution in [1.29, 1.82) is 0 Å². The molecule has 0 aliphatic carbocycles. The number of nitrogens with zero attached hydrogens (tertiary/aromatic N) is 3. The van der Waals surface area contributed by atoms with Crippen LogP contribution in [-0.4, -0.2) is 94.2 Å². The second-order valence-corrected chi connectivity index (χ2v) is 20.1. The molecule has 2 amide bonds. The van der Waals surface area contributed by atoms with E-state index >= 15 is 0 Å². The highest BCUT2D eigenvalue weighted by molar-refractivity contribution is 7.94. The van der Waals surface area contributed by atoms with Gasteiger partial charge in [0.2, 0.25) is 5.69 Å². The van der Waals surface area contributed by atoms with Crippen LogP contribution in [0.25, 0.3) is 0 Å². The van der Waals surface area contributed by atoms with Gasteiger partial charge in [0.1, 0.15) is 6.54 Å². The van der Waals surface area contributed by atoms with Gasteiger partial charge in [-0.15, -0.1) is 13.7 Å². The zero-order chi connectivity index (χ0) is 46.0. The van der Waals surface area contributed by atoms with Gasteiger partial charge >= 0.3 is 5.97 Å². The minimum atomic E-state index is -4.61. The number of carbonyl (C=O) groups is 3. The molecule has 0 bridgehead atoms. The second kappa shape index (κ2) is 21.8. The molecule has 2 aromatic carbocycles. The number of fused-ring (bicyclic) bond motifs is 2. The summed E-state index contributed by atoms with van der Waals surface area (Å²) in [5.74, 6) is -1.89. The predicted octanol–water partition coefficient (Wildman–Crippen LogP) is 6.81. The van der Waals surface area contributed by atoms with Gasteiger partial charge in [0.25, 0.3) is 32.1 Å². The van der Waals surface area contributed by atoms with Gasteiger partial charge in [-0.1, -0.05) is 41.1 Å². The number of hydrogen-bond donors (Lipinski definition) is 4. The van der Waals surface area contributed by atoms with E-state index < -0.39 is 54.6 Å². The molecule has 2 aromatic rings. The molecule has 3 heterocycles. The summed E-state index contributed by atoms with van der Waals surface area (Å²) in [5.41, 5.74) is 3.30. The summed E-state index contributed by atoms with van der Waals surface area (Å²) in [6.07, 6.45) is 11.7. The van der Waals surface area contributed by atoms with Crippen LogP contribution < -0.4 is 4.90 Å². The van der Waals surface area contributed by atoms with Crippen molar-refractivity contribution in [3.05, 3.63) is 83.6 Å². The lowest BCUT2D eigenvalue weighted by Gasteiger charge is -2.30. The summed E-state index contributed by atoms with van der Waals surface area (Å²) in [7, 11) is -8.92. The van der Waals surface area contributed by atoms with Crippen LogP contribution in [0.3, 0.4) is 0 Å². The molecule has 1 atom stereocenters. The first-order chi connectivity index (χ1) is 29.8. The Labute approximate surface area is 373 Å². The monoisotopic (exact) mass is 956 g/mol. The normalized spacial score (nSPS) is 19.4. The van der Waals surface area contributed by atoms with Crippen LogP contribution in [0.5, 0.6) is 0 Å². The number of amides is 2. The Hall–Kier alpha value is -3.98. The van der Waals surface area contributed by atoms with Crippen LogP contribution in [0.15, 0.2) is 82.3 Å². The molecule has 0 spiro atoms. The summed E-state index contributed by atoms with van der Waals surface area (Å²) in [6.45, 7) is 6.75. The largest absolute Gasteiger partial charge is 0.344 e. The topological polar surface area (TPSA) is 256 Å². The average Bonchev–Trinajstić information content (AvgIpc) is 3.74. The molecular formula is C40H50N3O16S4+. The Balaban J connectivity index is 1.44. The van der Waals surface area contributed by atoms with E-state index in [0.717, 1.165) is 41.0 Å². The van der Waals surface area contributed by atoms with Crippen LogP contribution in [0.4, 0.5) is 11.4 Å². The number of imide groups is 1. The number of hydroxylamine groups is 2. The fraction of sp³-hybridized carbons (Fsp3) is 0.450. The molecule has 1 unspecified atom stereocenters. The van der Waals surface area contributed by atoms with Gasteiger partial charge in [0.05, 0.1) is 28.1 Å². The average molecular weight is 957 g/mol. The number of hydrogen-bond acceptors (Lipinski definition) is 17. The van der Waals surface area contributed by atoms with Gasteiger partial charge in [0, 0.05) is 89.4 Å². The van der Waals surface area contributed by atoms with E-state index in [1.54, 1.807) is 12.1 Å². The van der Waals surface area contributed by atoms with E-state index in [9.17, 15) is 40.3 Å². The molecule has 4 N–H and O–H groups in total. The highest BCUT2D eigenvalue weighted by Crippen LogP contribution is 2.51. The minimum Gasteiger partial charge on any atom is -0.344 e. The van der Waals surface area contributed by atoms with Gasteiger partial charge in [-0.3, -0.25) is 18.7 Å². The fourth-order valence-corrected chi connectivity index (χ4v) is 9.78. The number of anilines is 1. The summed E-state index contributed by atoms with van der Waals surface area (Å²) in [6, 6.07) is 9.91. The second-order valence-electron chi connectivity index (χ2n) is 15.6. The quantitative estimate of drug-likeness (QED) is 0.0123. The summed E-state index contributed by atoms with van der Waals surface area (Å²) >= 11 is 1.80. The summed E-state index contributed by atoms with van der Waals surface area (Å²) in [4.78, 5) is 43.4. The molecule has 3 aliphatic rings. The third kappa shape index (κ3) is 12.6. The van der Waals surface area contributed by atoms with Crippen LogP contribution in [-0.2, 0) is 69.0 Å². The highest BCUT2D eigenvalue weighted by Gasteiger charge is 2.45. The molecule has 1 fully saturated rings. The number of rotatable bonds is 24. The molecule has 19 nitrogen and oxygen atoms in total. The lowest BCUT2D eigenvalue weighted by Crippen LogP contribution is -2.32. The molecule has 0 radical (unpaired) electrons. The molecule has 23 heteroatoms. The lowest BCUT2D eigenvalue weighted by molar-refractivity contribution is -0.438. The van der Waals surface area contributed by atoms with Crippen LogP contribution in [0.2, 0.25) is 0 Å². The molecule has 0 aromatic heterocycles. The molecule has 3 aliphatic heterocycles. The van der Waals surface area contributed by atoms with Crippen molar-refractivity contribution in [2.24, 2.45) is 0 Å². The third-order valence-corrected chi connectivity index (χ3v) is 13.8. The Morgan fingerprint density at radius 2 is 1.60 bits per heavy atom. The third-order valence-electron chi connectivity index (χ3n) is 11.0. The van der Waals surface area contributed by atoms with Gasteiger partial charge < -0.3 is 9.74 Å². The molecule has 5 rings (SSSR count). The van der Waals surface area contributed by atoms with Crippen molar-refractivity contribution in [2.45, 2.75) is 99.2 Å². The van der Waals surface area contributed by atoms with E-state index in [1.165, 1.54) is 12.1 Å². The smallest absolute Gasteiger partial charge is 0.333 e. The van der Waals surface area contributed by atoms with Crippen LogP contribution >= 0.6 is 24.1 Å². The Morgan fingerprint density at radius 3 is 2.29 bits per heavy atom. The van der Waals surface area contributed by atoms with Gasteiger partial charge in [0.15, 0.2) is 5.71 Å². The SMILES string of the molecule is CC1(C)C(/C=C/C=C/C=C2\N(CCCS(=O)(=O)O)c3ccc(S(=O)(=O)O)cc3C2(C)CCCCCC(=O)ON2C(=O)CCC2=O)=[N+](CCCSOOO)c2ccc(SOOO)cc21. The van der Waals surface area contributed by atoms with E-state index in [0.29, 0.717) is 71.3 Å². The zero-order valence-corrected chi connectivity index (χ0v) is 38.0. The Bertz CT molecular complexity index is 2370. The molecule has 0 saturated carbocycles. The van der Waals surface area contributed by atoms with Gasteiger partial charge in [-0.25, -0.2) is 15.3 Å². The van der Waals surface area contributed by atoms with Crippen molar-refractivity contribution < 1.29 is 79.0 Å². The van der Waals surface area contributed by atoms with E-state index in [-0.39, 0.29) is 37.1 Å². The molecule has 344 valence electrons. The maximum atomic E-state index is 12.5. The molecular weight excluding hydrogens is 907 g/mol. The van der Waals surface area contributed by atoms with Crippen molar-refractivity contribution in [2.75, 3.05) is 29.5 Å². The first kappa shape index (κ1) is 50.0. The van der Waals surface area contributed by atoms with Gasteiger partial charge in [-0.2, -0.15) is 21.4 Å². The number of carbonyl (C=O) groups excluding carboxylic acids is 3. The standard InChI is InChI=1S/C40H49N3O16S4/c1-39(2)30-26-28(61-59-57-48)15-17-32(30)41(22-10-24-60-58-56-47)34(39)12-6-4-7-13-35-40(3,21-9-5-8-14-38(46)55-43-36(44)19-20-37(43)45)31-27-29(63(52,53)54)16-18-33(31)42(35)23-11-25-62(49,50)51/h4,6-7,12-13,15-18,26-27H,5,8-11,14,19-25H2,1-3H3,(H3-,47,48,49,50,51,52,53,54)/p+1. The lowest BCUT2D eigenvalue weighted by atomic mass is 9.77. The maximum Gasteiger partial charge on any atom is 0.333 e. The molecule has 63 heavy (non-hydrogen) atoms. The minimum absolute atomic E-state index is 0.0226. The van der Waals surface area contributed by atoms with E-state index in [1.807, 2.05) is 54.3 Å². The van der Waals surface area contributed by atoms with Crippen molar-refractivity contribution in [1.82, 2.24) is 5.06 Å². The summed E-state index contributed by atoms with van der Waals surface area (Å²) in [5, 5.41) is 25.2. The van der Waals surface area contributed by atoms with Crippen LogP contribution in [0.1, 0.15) is 89.7 Å². The van der Waals surface area contributed by atoms with E-state index in [4.69, 9.17) is 15.4 Å². The van der Waals surface area contributed by atoms with Gasteiger partial charge in [-0.05, 0) is 82.0 Å². The zero-order valence-electron chi connectivity index (χ0n) is 34.7. The molecule has 1 saturated heterocycles.